The second-order valence-corrected chi connectivity index (χ2v) is 13.7. The molecule has 0 aromatic heterocycles. The SMILES string of the molecule is CC[C@@H](C)NC(=O)[C@H](CC)N(Cc1ccc(Cl)cc1Cl)C(=O)CN(c1ccc(C)cc1)S(=O)(=O)c1ccc(OC)c(Br)c1. The van der Waals surface area contributed by atoms with Crippen molar-refractivity contribution in [2.24, 2.45) is 0 Å². The molecule has 0 unspecified atom stereocenters. The van der Waals surface area contributed by atoms with E-state index in [9.17, 15) is 18.0 Å². The molecule has 2 amide bonds. The highest BCUT2D eigenvalue weighted by molar-refractivity contribution is 9.10. The van der Waals surface area contributed by atoms with Gasteiger partial charge in [-0.25, -0.2) is 8.42 Å². The third-order valence-corrected chi connectivity index (χ3v) is 10.0. The number of amides is 2. The van der Waals surface area contributed by atoms with Gasteiger partial charge in [0.1, 0.15) is 18.3 Å². The van der Waals surface area contributed by atoms with Crippen LogP contribution >= 0.6 is 39.1 Å². The van der Waals surface area contributed by atoms with Crippen molar-refractivity contribution >= 4 is 66.7 Å². The lowest BCUT2D eigenvalue weighted by atomic mass is 10.1. The number of carbonyl (C=O) groups is 2. The van der Waals surface area contributed by atoms with Crippen molar-refractivity contribution in [3.05, 3.63) is 86.3 Å². The third-order valence-electron chi connectivity index (χ3n) is 7.05. The van der Waals surface area contributed by atoms with E-state index in [0.29, 0.717) is 44.4 Å². The smallest absolute Gasteiger partial charge is 0.264 e. The average Bonchev–Trinajstić information content (AvgIpc) is 2.97. The van der Waals surface area contributed by atoms with Gasteiger partial charge in [0.05, 0.1) is 22.2 Å². The number of ether oxygens (including phenoxy) is 1. The van der Waals surface area contributed by atoms with E-state index in [0.717, 1.165) is 9.87 Å². The lowest BCUT2D eigenvalue weighted by Crippen LogP contribution is -2.53. The summed E-state index contributed by atoms with van der Waals surface area (Å²) < 4.78 is 35.0. The average molecular weight is 714 g/mol. The van der Waals surface area contributed by atoms with Gasteiger partial charge < -0.3 is 15.0 Å². The summed E-state index contributed by atoms with van der Waals surface area (Å²) in [5.74, 6) is -0.450. The van der Waals surface area contributed by atoms with Crippen molar-refractivity contribution < 1.29 is 22.7 Å². The summed E-state index contributed by atoms with van der Waals surface area (Å²) in [6.45, 7) is 6.92. The quantitative estimate of drug-likeness (QED) is 0.206. The Hall–Kier alpha value is -2.79. The molecule has 43 heavy (non-hydrogen) atoms. The fourth-order valence-corrected chi connectivity index (χ4v) is 6.97. The second-order valence-electron chi connectivity index (χ2n) is 10.1. The number of anilines is 1. The number of hydrogen-bond acceptors (Lipinski definition) is 5. The molecule has 8 nitrogen and oxygen atoms in total. The van der Waals surface area contributed by atoms with E-state index in [4.69, 9.17) is 27.9 Å². The lowest BCUT2D eigenvalue weighted by molar-refractivity contribution is -0.140. The molecular formula is C31H36BrCl2N3O5S. The van der Waals surface area contributed by atoms with E-state index < -0.39 is 28.5 Å². The van der Waals surface area contributed by atoms with E-state index >= 15 is 0 Å². The first-order valence-electron chi connectivity index (χ1n) is 13.8. The van der Waals surface area contributed by atoms with Gasteiger partial charge in [0.2, 0.25) is 11.8 Å². The zero-order valence-electron chi connectivity index (χ0n) is 24.7. The topological polar surface area (TPSA) is 96.0 Å². The molecule has 0 aliphatic carbocycles. The van der Waals surface area contributed by atoms with Crippen molar-refractivity contribution in [3.63, 3.8) is 0 Å². The summed E-state index contributed by atoms with van der Waals surface area (Å²) in [5.41, 5.74) is 1.79. The highest BCUT2D eigenvalue weighted by Crippen LogP contribution is 2.31. The van der Waals surface area contributed by atoms with Crippen LogP contribution in [-0.2, 0) is 26.2 Å². The van der Waals surface area contributed by atoms with Crippen LogP contribution in [0.15, 0.2) is 70.0 Å². The Kier molecular flexibility index (Phi) is 12.3. The molecule has 2 atom stereocenters. The Balaban J connectivity index is 2.10. The molecule has 3 aromatic rings. The molecule has 0 bridgehead atoms. The molecule has 3 aromatic carbocycles. The molecule has 0 aliphatic rings. The highest BCUT2D eigenvalue weighted by atomic mass is 79.9. The zero-order chi connectivity index (χ0) is 31.9. The van der Waals surface area contributed by atoms with Gasteiger partial charge in [-0.05, 0) is 90.6 Å². The molecule has 0 heterocycles. The number of rotatable bonds is 13. The van der Waals surface area contributed by atoms with Crippen LogP contribution in [0.1, 0.15) is 44.7 Å². The fourth-order valence-electron chi connectivity index (χ4n) is 4.37. The van der Waals surface area contributed by atoms with Gasteiger partial charge in [0.25, 0.3) is 10.0 Å². The minimum absolute atomic E-state index is 0.0306. The van der Waals surface area contributed by atoms with Crippen molar-refractivity contribution in [1.82, 2.24) is 10.2 Å². The summed E-state index contributed by atoms with van der Waals surface area (Å²) in [7, 11) is -2.77. The predicted octanol–water partition coefficient (Wildman–Crippen LogP) is 6.99. The fraction of sp³-hybridized carbons (Fsp3) is 0.355. The van der Waals surface area contributed by atoms with Crippen LogP contribution in [0.3, 0.4) is 0 Å². The number of carbonyl (C=O) groups excluding carboxylic acids is 2. The van der Waals surface area contributed by atoms with Crippen LogP contribution in [0, 0.1) is 6.92 Å². The van der Waals surface area contributed by atoms with E-state index in [1.807, 2.05) is 20.8 Å². The first kappa shape index (κ1) is 34.7. The number of hydrogen-bond donors (Lipinski definition) is 1. The maximum absolute atomic E-state index is 14.2. The summed E-state index contributed by atoms with van der Waals surface area (Å²) in [4.78, 5) is 29.0. The predicted molar refractivity (Wildman–Crippen MR) is 175 cm³/mol. The van der Waals surface area contributed by atoms with Crippen LogP contribution in [0.4, 0.5) is 5.69 Å². The van der Waals surface area contributed by atoms with Gasteiger partial charge in [0.15, 0.2) is 0 Å². The Labute approximate surface area is 272 Å². The lowest BCUT2D eigenvalue weighted by Gasteiger charge is -2.34. The Morgan fingerprint density at radius 3 is 2.23 bits per heavy atom. The number of nitrogens with one attached hydrogen (secondary N) is 1. The number of benzene rings is 3. The van der Waals surface area contributed by atoms with Crippen molar-refractivity contribution in [2.45, 2.75) is 64.1 Å². The van der Waals surface area contributed by atoms with Crippen molar-refractivity contribution in [2.75, 3.05) is 18.0 Å². The number of halogens is 3. The zero-order valence-corrected chi connectivity index (χ0v) is 28.6. The Morgan fingerprint density at radius 1 is 1.00 bits per heavy atom. The van der Waals surface area contributed by atoms with Crippen LogP contribution in [0.5, 0.6) is 5.75 Å². The maximum Gasteiger partial charge on any atom is 0.264 e. The minimum atomic E-state index is -4.25. The molecule has 3 rings (SSSR count). The monoisotopic (exact) mass is 711 g/mol. The molecule has 1 N–H and O–H groups in total. The van der Waals surface area contributed by atoms with E-state index in [-0.39, 0.29) is 23.4 Å². The molecule has 0 aliphatic heterocycles. The molecule has 0 spiro atoms. The number of nitrogens with zero attached hydrogens (tertiary/aromatic N) is 2. The van der Waals surface area contributed by atoms with E-state index in [1.165, 1.54) is 30.2 Å². The second kappa shape index (κ2) is 15.3. The molecular weight excluding hydrogens is 677 g/mol. The molecule has 0 fully saturated rings. The van der Waals surface area contributed by atoms with E-state index in [2.05, 4.69) is 21.2 Å². The standard InChI is InChI=1S/C31H36BrCl2N3O5S/c1-6-21(4)35-31(39)28(7-2)36(18-22-10-11-23(33)16-27(22)34)30(38)19-37(24-12-8-20(3)9-13-24)43(40,41)25-14-15-29(42-5)26(32)17-25/h8-17,21,28H,6-7,18-19H2,1-5H3,(H,35,39)/t21-,28+/m1/s1. The molecule has 0 saturated heterocycles. The first-order valence-corrected chi connectivity index (χ1v) is 16.8. The normalized spacial score (nSPS) is 12.7. The summed E-state index contributed by atoms with van der Waals surface area (Å²) >= 11 is 15.9. The van der Waals surface area contributed by atoms with Gasteiger partial charge in [-0.15, -0.1) is 0 Å². The minimum Gasteiger partial charge on any atom is -0.496 e. The van der Waals surface area contributed by atoms with Crippen LogP contribution in [-0.4, -0.2) is 50.9 Å². The van der Waals surface area contributed by atoms with Gasteiger partial charge >= 0.3 is 0 Å². The van der Waals surface area contributed by atoms with Crippen LogP contribution < -0.4 is 14.4 Å². The van der Waals surface area contributed by atoms with Gasteiger partial charge in [-0.2, -0.15) is 0 Å². The number of aryl methyl sites for hydroxylation is 1. The first-order chi connectivity index (χ1) is 20.3. The molecule has 0 saturated carbocycles. The van der Waals surface area contributed by atoms with E-state index in [1.54, 1.807) is 49.4 Å². The summed E-state index contributed by atoms with van der Waals surface area (Å²) in [6, 6.07) is 15.1. The van der Waals surface area contributed by atoms with Gasteiger partial charge in [-0.3, -0.25) is 13.9 Å². The summed E-state index contributed by atoms with van der Waals surface area (Å²) in [6.07, 6.45) is 0.998. The Bertz CT molecular complexity index is 1550. The maximum atomic E-state index is 14.2. The number of methoxy groups -OCH3 is 1. The number of sulfonamides is 1. The van der Waals surface area contributed by atoms with Gasteiger partial charge in [0, 0.05) is 22.6 Å². The van der Waals surface area contributed by atoms with Crippen LogP contribution in [0.2, 0.25) is 10.0 Å². The van der Waals surface area contributed by atoms with Crippen molar-refractivity contribution in [3.8, 4) is 5.75 Å². The molecule has 0 radical (unpaired) electrons. The largest absolute Gasteiger partial charge is 0.496 e. The Morgan fingerprint density at radius 2 is 1.67 bits per heavy atom. The molecule has 232 valence electrons. The van der Waals surface area contributed by atoms with Crippen molar-refractivity contribution in [1.29, 1.82) is 0 Å². The third kappa shape index (κ3) is 8.65. The van der Waals surface area contributed by atoms with Crippen LogP contribution in [0.25, 0.3) is 0 Å². The highest BCUT2D eigenvalue weighted by Gasteiger charge is 2.34. The van der Waals surface area contributed by atoms with Gasteiger partial charge in [-0.1, -0.05) is 60.8 Å². The molecule has 12 heteroatoms. The summed E-state index contributed by atoms with van der Waals surface area (Å²) in [5, 5.41) is 3.71.